The molecule has 2 aromatic heterocycles. The van der Waals surface area contributed by atoms with Crippen molar-refractivity contribution in [3.8, 4) is 0 Å². The second-order valence-corrected chi connectivity index (χ2v) is 3.65. The van der Waals surface area contributed by atoms with Gasteiger partial charge in [0.15, 0.2) is 5.82 Å². The molecule has 0 fully saturated rings. The van der Waals surface area contributed by atoms with Crippen LogP contribution in [0.4, 0.5) is 0 Å². The summed E-state index contributed by atoms with van der Waals surface area (Å²) >= 11 is 5.57. The lowest BCUT2D eigenvalue weighted by molar-refractivity contribution is 0.0944. The van der Waals surface area contributed by atoms with Gasteiger partial charge < -0.3 is 9.88 Å². The quantitative estimate of drug-likeness (QED) is 0.843. The normalized spacial score (nSPS) is 10.2. The summed E-state index contributed by atoms with van der Waals surface area (Å²) in [7, 11) is 1.80. The van der Waals surface area contributed by atoms with Crippen LogP contribution in [0.15, 0.2) is 18.7 Å². The van der Waals surface area contributed by atoms with E-state index in [0.717, 1.165) is 0 Å². The number of halogens is 1. The third-order valence-electron chi connectivity index (χ3n) is 2.07. The molecule has 0 saturated heterocycles. The number of hydrogen-bond acceptors (Lipinski definition) is 5. The molecular weight excluding hydrogens is 244 g/mol. The molecule has 2 aromatic rings. The van der Waals surface area contributed by atoms with E-state index in [1.807, 2.05) is 0 Å². The van der Waals surface area contributed by atoms with E-state index in [4.69, 9.17) is 11.6 Å². The Morgan fingerprint density at radius 2 is 2.29 bits per heavy atom. The lowest BCUT2D eigenvalue weighted by Gasteiger charge is -2.03. The SMILES string of the molecule is Cn1cnnc1CNC(=O)c1cnc(Cl)cn1. The summed E-state index contributed by atoms with van der Waals surface area (Å²) in [6, 6.07) is 0. The van der Waals surface area contributed by atoms with Crippen molar-refractivity contribution in [3.05, 3.63) is 35.4 Å². The Hall–Kier alpha value is -2.02. The second kappa shape index (κ2) is 4.88. The summed E-state index contributed by atoms with van der Waals surface area (Å²) in [5.41, 5.74) is 0.205. The monoisotopic (exact) mass is 252 g/mol. The maximum atomic E-state index is 11.6. The summed E-state index contributed by atoms with van der Waals surface area (Å²) in [5.74, 6) is 0.317. The number of aryl methyl sites for hydroxylation is 1. The van der Waals surface area contributed by atoms with Gasteiger partial charge in [0.1, 0.15) is 17.2 Å². The molecule has 7 nitrogen and oxygen atoms in total. The number of amides is 1. The van der Waals surface area contributed by atoms with E-state index in [2.05, 4.69) is 25.5 Å². The van der Waals surface area contributed by atoms with E-state index in [1.165, 1.54) is 12.4 Å². The average Bonchev–Trinajstić information content (AvgIpc) is 2.73. The molecule has 0 bridgehead atoms. The lowest BCUT2D eigenvalue weighted by atomic mass is 10.4. The second-order valence-electron chi connectivity index (χ2n) is 3.27. The maximum absolute atomic E-state index is 11.6. The standard InChI is InChI=1S/C9H9ClN6O/c1-16-5-14-15-8(16)4-13-9(17)6-2-12-7(10)3-11-6/h2-3,5H,4H2,1H3,(H,13,17). The Bertz CT molecular complexity index is 523. The Morgan fingerprint density at radius 1 is 1.47 bits per heavy atom. The highest BCUT2D eigenvalue weighted by atomic mass is 35.5. The molecule has 8 heteroatoms. The van der Waals surface area contributed by atoms with Crippen LogP contribution in [0.1, 0.15) is 16.3 Å². The molecule has 0 aliphatic heterocycles. The van der Waals surface area contributed by atoms with Crippen molar-refractivity contribution >= 4 is 17.5 Å². The highest BCUT2D eigenvalue weighted by Crippen LogP contribution is 2.01. The van der Waals surface area contributed by atoms with Gasteiger partial charge in [-0.05, 0) is 0 Å². The number of nitrogens with zero attached hydrogens (tertiary/aromatic N) is 5. The molecule has 0 atom stereocenters. The van der Waals surface area contributed by atoms with Crippen molar-refractivity contribution in [1.82, 2.24) is 30.0 Å². The van der Waals surface area contributed by atoms with E-state index in [1.54, 1.807) is 17.9 Å². The number of rotatable bonds is 3. The predicted octanol–water partition coefficient (Wildman–Crippen LogP) is 0.188. The molecule has 1 amide bonds. The fraction of sp³-hybridized carbons (Fsp3) is 0.222. The van der Waals surface area contributed by atoms with Crippen molar-refractivity contribution in [2.75, 3.05) is 0 Å². The fourth-order valence-corrected chi connectivity index (χ4v) is 1.24. The molecule has 2 heterocycles. The van der Waals surface area contributed by atoms with Crippen molar-refractivity contribution < 1.29 is 4.79 Å². The first-order chi connectivity index (χ1) is 8.16. The summed E-state index contributed by atoms with van der Waals surface area (Å²) < 4.78 is 1.72. The third-order valence-corrected chi connectivity index (χ3v) is 2.26. The lowest BCUT2D eigenvalue weighted by Crippen LogP contribution is -2.25. The first-order valence-electron chi connectivity index (χ1n) is 4.75. The molecule has 0 aromatic carbocycles. The Kier molecular flexibility index (Phi) is 3.29. The zero-order valence-corrected chi connectivity index (χ0v) is 9.72. The van der Waals surface area contributed by atoms with Gasteiger partial charge in [0, 0.05) is 7.05 Å². The Labute approximate surface area is 102 Å². The van der Waals surface area contributed by atoms with Gasteiger partial charge in [-0.2, -0.15) is 0 Å². The summed E-state index contributed by atoms with van der Waals surface area (Å²) in [6.45, 7) is 0.277. The molecular formula is C9H9ClN6O. The van der Waals surface area contributed by atoms with Crippen LogP contribution in [-0.4, -0.2) is 30.6 Å². The van der Waals surface area contributed by atoms with E-state index in [9.17, 15) is 4.79 Å². The van der Waals surface area contributed by atoms with E-state index in [-0.39, 0.29) is 23.3 Å². The van der Waals surface area contributed by atoms with Crippen molar-refractivity contribution in [3.63, 3.8) is 0 Å². The van der Waals surface area contributed by atoms with Crippen LogP contribution in [-0.2, 0) is 13.6 Å². The minimum atomic E-state index is -0.336. The summed E-state index contributed by atoms with van der Waals surface area (Å²) in [6.07, 6.45) is 4.19. The molecule has 2 rings (SSSR count). The first-order valence-corrected chi connectivity index (χ1v) is 5.13. The van der Waals surface area contributed by atoms with Gasteiger partial charge in [-0.25, -0.2) is 9.97 Å². The van der Waals surface area contributed by atoms with Crippen molar-refractivity contribution in [1.29, 1.82) is 0 Å². The van der Waals surface area contributed by atoms with Crippen molar-refractivity contribution in [2.45, 2.75) is 6.54 Å². The number of hydrogen-bond donors (Lipinski definition) is 1. The summed E-state index contributed by atoms with van der Waals surface area (Å²) in [4.78, 5) is 19.3. The molecule has 0 aliphatic carbocycles. The van der Waals surface area contributed by atoms with Gasteiger partial charge in [-0.3, -0.25) is 4.79 Å². The minimum absolute atomic E-state index is 0.205. The van der Waals surface area contributed by atoms with Crippen molar-refractivity contribution in [2.24, 2.45) is 7.05 Å². The number of aromatic nitrogens is 5. The molecule has 1 N–H and O–H groups in total. The molecule has 17 heavy (non-hydrogen) atoms. The predicted molar refractivity (Wildman–Crippen MR) is 59.2 cm³/mol. The molecule has 0 spiro atoms. The number of nitrogens with one attached hydrogen (secondary N) is 1. The topological polar surface area (TPSA) is 85.6 Å². The smallest absolute Gasteiger partial charge is 0.271 e. The maximum Gasteiger partial charge on any atom is 0.271 e. The fourth-order valence-electron chi connectivity index (χ4n) is 1.15. The third kappa shape index (κ3) is 2.76. The number of carbonyl (C=O) groups is 1. The average molecular weight is 253 g/mol. The highest BCUT2D eigenvalue weighted by molar-refractivity contribution is 6.29. The van der Waals surface area contributed by atoms with Crippen LogP contribution < -0.4 is 5.32 Å². The van der Waals surface area contributed by atoms with Crippen LogP contribution in [0, 0.1) is 0 Å². The van der Waals surface area contributed by atoms with Gasteiger partial charge in [0.25, 0.3) is 5.91 Å². The van der Waals surface area contributed by atoms with Crippen LogP contribution >= 0.6 is 11.6 Å². The van der Waals surface area contributed by atoms with Gasteiger partial charge in [0.2, 0.25) is 0 Å². The number of carbonyl (C=O) groups excluding carboxylic acids is 1. The van der Waals surface area contributed by atoms with E-state index in [0.29, 0.717) is 5.82 Å². The van der Waals surface area contributed by atoms with Gasteiger partial charge >= 0.3 is 0 Å². The Balaban J connectivity index is 1.98. The Morgan fingerprint density at radius 3 is 2.88 bits per heavy atom. The first kappa shape index (κ1) is 11.5. The molecule has 0 radical (unpaired) electrons. The van der Waals surface area contributed by atoms with Crippen LogP contribution in [0.5, 0.6) is 0 Å². The van der Waals surface area contributed by atoms with Crippen LogP contribution in [0.3, 0.4) is 0 Å². The largest absolute Gasteiger partial charge is 0.343 e. The van der Waals surface area contributed by atoms with Crippen LogP contribution in [0.25, 0.3) is 0 Å². The zero-order valence-electron chi connectivity index (χ0n) is 8.96. The molecule has 0 unspecified atom stereocenters. The van der Waals surface area contributed by atoms with Crippen LogP contribution in [0.2, 0.25) is 5.15 Å². The van der Waals surface area contributed by atoms with E-state index >= 15 is 0 Å². The van der Waals surface area contributed by atoms with E-state index < -0.39 is 0 Å². The van der Waals surface area contributed by atoms with Gasteiger partial charge in [-0.15, -0.1) is 10.2 Å². The molecule has 88 valence electrons. The zero-order chi connectivity index (χ0) is 12.3. The van der Waals surface area contributed by atoms with Gasteiger partial charge in [0.05, 0.1) is 18.9 Å². The highest BCUT2D eigenvalue weighted by Gasteiger charge is 2.08. The minimum Gasteiger partial charge on any atom is -0.343 e. The molecule has 0 saturated carbocycles. The molecule has 0 aliphatic rings. The summed E-state index contributed by atoms with van der Waals surface area (Å²) in [5, 5.41) is 10.4. The van der Waals surface area contributed by atoms with Gasteiger partial charge in [-0.1, -0.05) is 11.6 Å².